The molecule has 0 spiro atoms. The molecule has 0 aliphatic carbocycles. The van der Waals surface area contributed by atoms with Gasteiger partial charge in [-0.05, 0) is 18.3 Å². The first-order valence-corrected chi connectivity index (χ1v) is 7.04. The number of carbonyl (C=O) groups is 3. The fraction of sp³-hybridized carbons (Fsp3) is 0.786. The first kappa shape index (κ1) is 17.4. The van der Waals surface area contributed by atoms with Crippen LogP contribution in [0.1, 0.15) is 40.0 Å². The first-order chi connectivity index (χ1) is 9.65. The van der Waals surface area contributed by atoms with Crippen LogP contribution in [0.5, 0.6) is 0 Å². The predicted molar refractivity (Wildman–Crippen MR) is 74.3 cm³/mol. The zero-order valence-corrected chi connectivity index (χ0v) is 12.7. The lowest BCUT2D eigenvalue weighted by atomic mass is 9.91. The van der Waals surface area contributed by atoms with Crippen LogP contribution in [0, 0.1) is 5.41 Å². The lowest BCUT2D eigenvalue weighted by Crippen LogP contribution is -2.51. The van der Waals surface area contributed by atoms with Crippen molar-refractivity contribution in [3.05, 3.63) is 0 Å². The summed E-state index contributed by atoms with van der Waals surface area (Å²) in [6, 6.07) is -2.26. The average molecular weight is 302 g/mol. The fourth-order valence-corrected chi connectivity index (χ4v) is 2.33. The van der Waals surface area contributed by atoms with Crippen LogP contribution in [0.15, 0.2) is 0 Å². The van der Waals surface area contributed by atoms with Crippen LogP contribution in [0.2, 0.25) is 0 Å². The Kier molecular flexibility index (Phi) is 5.69. The molecule has 0 aromatic rings. The van der Waals surface area contributed by atoms with Gasteiger partial charge in [0.15, 0.2) is 6.04 Å². The lowest BCUT2D eigenvalue weighted by molar-refractivity contribution is -0.144. The summed E-state index contributed by atoms with van der Waals surface area (Å²) >= 11 is 0. The van der Waals surface area contributed by atoms with E-state index >= 15 is 0 Å². The maximum absolute atomic E-state index is 12.6. The Labute approximate surface area is 123 Å². The minimum absolute atomic E-state index is 0.132. The smallest absolute Gasteiger partial charge is 0.328 e. The van der Waals surface area contributed by atoms with E-state index in [-0.39, 0.29) is 11.3 Å². The molecule has 1 rings (SSSR count). The van der Waals surface area contributed by atoms with Gasteiger partial charge in [0.25, 0.3) is 0 Å². The van der Waals surface area contributed by atoms with Gasteiger partial charge in [0.05, 0.1) is 0 Å². The molecule has 0 bridgehead atoms. The van der Waals surface area contributed by atoms with Crippen molar-refractivity contribution in [3.8, 4) is 0 Å². The molecule has 2 N–H and O–H groups in total. The molecular formula is C14H23FN2O4. The standard InChI is InChI=1S/C14H23FN2O4/c1-14(2,3)7-11(18)17-6-4-5-10(17)12(19)16-9(8-15)13(20)21/h9-10H,4-8H2,1-3H3,(H,16,19)(H,20,21). The molecule has 120 valence electrons. The van der Waals surface area contributed by atoms with Gasteiger partial charge in [-0.25, -0.2) is 9.18 Å². The number of hydrogen-bond acceptors (Lipinski definition) is 3. The Bertz CT molecular complexity index is 420. The maximum Gasteiger partial charge on any atom is 0.328 e. The summed E-state index contributed by atoms with van der Waals surface area (Å²) in [4.78, 5) is 36.5. The fourth-order valence-electron chi connectivity index (χ4n) is 2.33. The summed E-state index contributed by atoms with van der Waals surface area (Å²) in [5.41, 5.74) is -0.191. The molecule has 0 saturated carbocycles. The summed E-state index contributed by atoms with van der Waals surface area (Å²) in [6.07, 6.45) is 1.46. The highest BCUT2D eigenvalue weighted by molar-refractivity contribution is 5.91. The van der Waals surface area contributed by atoms with E-state index in [9.17, 15) is 18.8 Å². The van der Waals surface area contributed by atoms with Crippen molar-refractivity contribution in [2.75, 3.05) is 13.2 Å². The third-order valence-corrected chi connectivity index (χ3v) is 3.33. The number of carboxylic acid groups (broad SMARTS) is 1. The zero-order valence-electron chi connectivity index (χ0n) is 12.7. The van der Waals surface area contributed by atoms with E-state index in [0.717, 1.165) is 0 Å². The third kappa shape index (κ3) is 4.99. The van der Waals surface area contributed by atoms with Crippen LogP contribution in [0.4, 0.5) is 4.39 Å². The summed E-state index contributed by atoms with van der Waals surface area (Å²) in [7, 11) is 0. The Morgan fingerprint density at radius 3 is 2.48 bits per heavy atom. The number of rotatable bonds is 5. The number of alkyl halides is 1. The van der Waals surface area contributed by atoms with E-state index in [0.29, 0.717) is 25.8 Å². The molecule has 6 nitrogen and oxygen atoms in total. The van der Waals surface area contributed by atoms with Gasteiger partial charge in [-0.15, -0.1) is 0 Å². The third-order valence-electron chi connectivity index (χ3n) is 3.33. The van der Waals surface area contributed by atoms with Gasteiger partial charge in [-0.1, -0.05) is 20.8 Å². The molecule has 7 heteroatoms. The highest BCUT2D eigenvalue weighted by Crippen LogP contribution is 2.24. The van der Waals surface area contributed by atoms with Crippen LogP contribution in [0.3, 0.4) is 0 Å². The maximum atomic E-state index is 12.6. The van der Waals surface area contributed by atoms with Gasteiger partial charge < -0.3 is 15.3 Å². The van der Waals surface area contributed by atoms with Crippen LogP contribution >= 0.6 is 0 Å². The predicted octanol–water partition coefficient (Wildman–Crippen LogP) is 0.952. The molecule has 2 unspecified atom stereocenters. The van der Waals surface area contributed by atoms with Gasteiger partial charge in [0, 0.05) is 13.0 Å². The lowest BCUT2D eigenvalue weighted by Gasteiger charge is -2.28. The number of aliphatic carboxylic acids is 1. The Morgan fingerprint density at radius 2 is 2.00 bits per heavy atom. The second kappa shape index (κ2) is 6.87. The molecule has 1 heterocycles. The summed E-state index contributed by atoms with van der Waals surface area (Å²) in [5.74, 6) is -2.15. The van der Waals surface area contributed by atoms with Crippen molar-refractivity contribution in [3.63, 3.8) is 0 Å². The van der Waals surface area contributed by atoms with E-state index in [4.69, 9.17) is 5.11 Å². The molecule has 1 aliphatic rings. The minimum atomic E-state index is -1.56. The molecule has 1 aliphatic heterocycles. The molecular weight excluding hydrogens is 279 g/mol. The molecule has 1 fully saturated rings. The van der Waals surface area contributed by atoms with Crippen molar-refractivity contribution in [1.29, 1.82) is 0 Å². The minimum Gasteiger partial charge on any atom is -0.480 e. The Hall–Kier alpha value is -1.66. The number of carbonyl (C=O) groups excluding carboxylic acids is 2. The number of halogens is 1. The highest BCUT2D eigenvalue weighted by Gasteiger charge is 2.36. The van der Waals surface area contributed by atoms with E-state index in [2.05, 4.69) is 5.32 Å². The highest BCUT2D eigenvalue weighted by atomic mass is 19.1. The Balaban J connectivity index is 2.70. The number of likely N-dealkylation sites (tertiary alicyclic amines) is 1. The van der Waals surface area contributed by atoms with E-state index in [1.54, 1.807) is 0 Å². The first-order valence-electron chi connectivity index (χ1n) is 7.04. The second-order valence-corrected chi connectivity index (χ2v) is 6.54. The number of nitrogens with one attached hydrogen (secondary N) is 1. The largest absolute Gasteiger partial charge is 0.480 e. The van der Waals surface area contributed by atoms with Crippen LogP contribution in [-0.4, -0.2) is 53.1 Å². The zero-order chi connectivity index (χ0) is 16.2. The van der Waals surface area contributed by atoms with Crippen LogP contribution < -0.4 is 5.32 Å². The van der Waals surface area contributed by atoms with Gasteiger partial charge in [0.2, 0.25) is 11.8 Å². The van der Waals surface area contributed by atoms with Gasteiger partial charge in [-0.2, -0.15) is 0 Å². The summed E-state index contributed by atoms with van der Waals surface area (Å²) in [6.45, 7) is 5.09. The van der Waals surface area contributed by atoms with Crippen molar-refractivity contribution in [2.45, 2.75) is 52.1 Å². The quantitative estimate of drug-likeness (QED) is 0.791. The second-order valence-electron chi connectivity index (χ2n) is 6.54. The van der Waals surface area contributed by atoms with Crippen molar-refractivity contribution < 1.29 is 23.9 Å². The monoisotopic (exact) mass is 302 g/mol. The van der Waals surface area contributed by atoms with E-state index < -0.39 is 30.6 Å². The van der Waals surface area contributed by atoms with Crippen molar-refractivity contribution >= 4 is 17.8 Å². The van der Waals surface area contributed by atoms with E-state index in [1.807, 2.05) is 20.8 Å². The molecule has 2 amide bonds. The van der Waals surface area contributed by atoms with Crippen LogP contribution in [-0.2, 0) is 14.4 Å². The van der Waals surface area contributed by atoms with Crippen molar-refractivity contribution in [2.24, 2.45) is 5.41 Å². The summed E-state index contributed by atoms with van der Waals surface area (Å²) < 4.78 is 12.6. The van der Waals surface area contributed by atoms with Gasteiger partial charge in [-0.3, -0.25) is 9.59 Å². The molecule has 0 aromatic carbocycles. The molecule has 1 saturated heterocycles. The van der Waals surface area contributed by atoms with Gasteiger partial charge in [0.1, 0.15) is 12.7 Å². The van der Waals surface area contributed by atoms with E-state index in [1.165, 1.54) is 4.90 Å². The number of carboxylic acids is 1. The molecule has 21 heavy (non-hydrogen) atoms. The topological polar surface area (TPSA) is 86.7 Å². The number of nitrogens with zero attached hydrogens (tertiary/aromatic N) is 1. The SMILES string of the molecule is CC(C)(C)CC(=O)N1CCCC1C(=O)NC(CF)C(=O)O. The number of hydrogen-bond donors (Lipinski definition) is 2. The molecule has 0 radical (unpaired) electrons. The number of amides is 2. The summed E-state index contributed by atoms with van der Waals surface area (Å²) in [5, 5.41) is 10.9. The molecule has 2 atom stereocenters. The van der Waals surface area contributed by atoms with Crippen molar-refractivity contribution in [1.82, 2.24) is 10.2 Å². The van der Waals surface area contributed by atoms with Gasteiger partial charge >= 0.3 is 5.97 Å². The Morgan fingerprint density at radius 1 is 1.38 bits per heavy atom. The van der Waals surface area contributed by atoms with Crippen LogP contribution in [0.25, 0.3) is 0 Å². The normalized spacial score (nSPS) is 20.2. The molecule has 0 aromatic heterocycles. The average Bonchev–Trinajstić information content (AvgIpc) is 2.82.